The van der Waals surface area contributed by atoms with Gasteiger partial charge in [0.25, 0.3) is 0 Å². The van der Waals surface area contributed by atoms with E-state index in [1.54, 1.807) is 18.4 Å². The zero-order valence-corrected chi connectivity index (χ0v) is 13.5. The van der Waals surface area contributed by atoms with E-state index in [0.29, 0.717) is 31.0 Å². The third kappa shape index (κ3) is 3.78. The van der Waals surface area contributed by atoms with Gasteiger partial charge in [-0.15, -0.1) is 0 Å². The van der Waals surface area contributed by atoms with Gasteiger partial charge in [0.2, 0.25) is 0 Å². The maximum atomic E-state index is 12.4. The Morgan fingerprint density at radius 3 is 2.67 bits per heavy atom. The summed E-state index contributed by atoms with van der Waals surface area (Å²) in [6.45, 7) is 6.82. The molecule has 1 unspecified atom stereocenters. The van der Waals surface area contributed by atoms with Crippen molar-refractivity contribution in [3.05, 3.63) is 23.4 Å². The molecule has 1 fully saturated rings. The van der Waals surface area contributed by atoms with Gasteiger partial charge >= 0.3 is 6.09 Å². The Labute approximate surface area is 130 Å². The van der Waals surface area contributed by atoms with E-state index in [1.165, 1.54) is 4.90 Å². The number of halogens is 1. The summed E-state index contributed by atoms with van der Waals surface area (Å²) in [7, 11) is 0. The lowest BCUT2D eigenvalue weighted by atomic mass is 9.83. The molecule has 1 saturated heterocycles. The van der Waals surface area contributed by atoms with Crippen LogP contribution in [-0.2, 0) is 4.74 Å². The second-order valence-electron chi connectivity index (χ2n) is 6.54. The quantitative estimate of drug-likeness (QED) is 0.780. The molecule has 0 radical (unpaired) electrons. The van der Waals surface area contributed by atoms with Crippen LogP contribution >= 0.6 is 11.6 Å². The van der Waals surface area contributed by atoms with Crippen molar-refractivity contribution in [2.75, 3.05) is 13.1 Å². The molecule has 1 atom stereocenters. The number of carbonyl (C=O) groups excluding carboxylic acids is 1. The van der Waals surface area contributed by atoms with Crippen LogP contribution in [0.25, 0.3) is 0 Å². The van der Waals surface area contributed by atoms with Gasteiger partial charge < -0.3 is 15.2 Å². The normalized spacial score (nSPS) is 25.5. The summed E-state index contributed by atoms with van der Waals surface area (Å²) in [4.78, 5) is 13.8. The third-order valence-corrected chi connectivity index (χ3v) is 3.96. The highest BCUT2D eigenvalue weighted by Crippen LogP contribution is 2.35. The Morgan fingerprint density at radius 2 is 2.10 bits per heavy atom. The number of amides is 1. The van der Waals surface area contributed by atoms with E-state index in [4.69, 9.17) is 16.3 Å². The van der Waals surface area contributed by atoms with Gasteiger partial charge in [-0.25, -0.2) is 4.79 Å². The number of ether oxygens (including phenoxy) is 1. The number of hydrogen-bond acceptors (Lipinski definition) is 4. The minimum Gasteiger partial charge on any atom is -0.443 e. The first kappa shape index (κ1) is 16.3. The smallest absolute Gasteiger partial charge is 0.415 e. The molecule has 118 valence electrons. The lowest BCUT2D eigenvalue weighted by Crippen LogP contribution is -2.58. The fraction of sp³-hybridized carbons (Fsp3) is 0.667. The Balaban J connectivity index is 2.24. The molecule has 0 spiro atoms. The molecule has 5 nitrogen and oxygen atoms in total. The molecular weight excluding hydrogens is 292 g/mol. The van der Waals surface area contributed by atoms with Crippen LogP contribution in [-0.4, -0.2) is 46.4 Å². The van der Waals surface area contributed by atoms with Crippen LogP contribution in [0.15, 0.2) is 23.4 Å². The van der Waals surface area contributed by atoms with Crippen LogP contribution in [0.2, 0.25) is 0 Å². The third-order valence-electron chi connectivity index (χ3n) is 3.62. The molecule has 2 aliphatic rings. The molecule has 2 aliphatic heterocycles. The van der Waals surface area contributed by atoms with Gasteiger partial charge in [-0.05, 0) is 58.9 Å². The van der Waals surface area contributed by atoms with Crippen LogP contribution < -0.4 is 5.32 Å². The van der Waals surface area contributed by atoms with E-state index in [9.17, 15) is 9.90 Å². The molecule has 2 heterocycles. The van der Waals surface area contributed by atoms with Gasteiger partial charge in [0.1, 0.15) is 11.6 Å². The zero-order chi connectivity index (χ0) is 15.7. The number of rotatable bonds is 1. The lowest BCUT2D eigenvalue weighted by molar-refractivity contribution is -0.0484. The predicted molar refractivity (Wildman–Crippen MR) is 82.0 cm³/mol. The Hall–Kier alpha value is -1.04. The summed E-state index contributed by atoms with van der Waals surface area (Å²) in [6, 6.07) is -0.596. The number of nitrogens with one attached hydrogen (secondary N) is 1. The molecule has 1 amide bonds. The number of piperidine rings is 1. The molecule has 0 aromatic heterocycles. The molecule has 0 bridgehead atoms. The average Bonchev–Trinajstić information content (AvgIpc) is 2.37. The Bertz CT molecular complexity index is 462. The summed E-state index contributed by atoms with van der Waals surface area (Å²) in [6.07, 6.45) is 5.59. The molecule has 21 heavy (non-hydrogen) atoms. The fourth-order valence-corrected chi connectivity index (χ4v) is 3.05. The van der Waals surface area contributed by atoms with Crippen LogP contribution in [0.4, 0.5) is 4.79 Å². The van der Waals surface area contributed by atoms with Crippen LogP contribution in [0, 0.1) is 0 Å². The second-order valence-corrected chi connectivity index (χ2v) is 6.97. The highest BCUT2D eigenvalue weighted by Gasteiger charge is 2.45. The summed E-state index contributed by atoms with van der Waals surface area (Å²) < 4.78 is 5.41. The van der Waals surface area contributed by atoms with Crippen LogP contribution in [0.3, 0.4) is 0 Å². The van der Waals surface area contributed by atoms with Crippen molar-refractivity contribution in [1.29, 1.82) is 0 Å². The first-order valence-electron chi connectivity index (χ1n) is 7.21. The van der Waals surface area contributed by atoms with E-state index < -0.39 is 23.3 Å². The van der Waals surface area contributed by atoms with E-state index in [0.717, 1.165) is 0 Å². The predicted octanol–water partition coefficient (Wildman–Crippen LogP) is 2.36. The molecule has 2 N–H and O–H groups in total. The number of hydrogen-bond donors (Lipinski definition) is 2. The SMILES string of the molecule is CC(C)(C)OC(=O)N1C=CC=C(Cl)C1C1(O)CCNCC1. The average molecular weight is 315 g/mol. The monoisotopic (exact) mass is 314 g/mol. The van der Waals surface area contributed by atoms with Crippen LogP contribution in [0.5, 0.6) is 0 Å². The lowest BCUT2D eigenvalue weighted by Gasteiger charge is -2.44. The van der Waals surface area contributed by atoms with Crippen molar-refractivity contribution in [3.8, 4) is 0 Å². The summed E-state index contributed by atoms with van der Waals surface area (Å²) in [5.74, 6) is 0. The van der Waals surface area contributed by atoms with Gasteiger partial charge in [0, 0.05) is 11.2 Å². The van der Waals surface area contributed by atoms with Crippen molar-refractivity contribution in [2.45, 2.75) is 50.9 Å². The van der Waals surface area contributed by atoms with Gasteiger partial charge in [-0.3, -0.25) is 4.90 Å². The molecule has 6 heteroatoms. The summed E-state index contributed by atoms with van der Waals surface area (Å²) in [5.41, 5.74) is -1.64. The molecular formula is C15H23ClN2O3. The number of allylic oxidation sites excluding steroid dienone is 2. The van der Waals surface area contributed by atoms with Crippen molar-refractivity contribution in [3.63, 3.8) is 0 Å². The Kier molecular flexibility index (Phi) is 4.66. The van der Waals surface area contributed by atoms with Gasteiger partial charge in [0.05, 0.1) is 5.60 Å². The fourth-order valence-electron chi connectivity index (χ4n) is 2.67. The van der Waals surface area contributed by atoms with Crippen molar-refractivity contribution >= 4 is 17.7 Å². The highest BCUT2D eigenvalue weighted by molar-refractivity contribution is 6.30. The minimum atomic E-state index is -1.04. The number of carbonyl (C=O) groups is 1. The van der Waals surface area contributed by atoms with Crippen molar-refractivity contribution in [1.82, 2.24) is 10.2 Å². The van der Waals surface area contributed by atoms with Gasteiger partial charge in [0.15, 0.2) is 0 Å². The first-order chi connectivity index (χ1) is 9.73. The molecule has 0 aliphatic carbocycles. The summed E-state index contributed by atoms with van der Waals surface area (Å²) >= 11 is 6.30. The minimum absolute atomic E-state index is 0.452. The second kappa shape index (κ2) is 5.99. The number of nitrogens with zero attached hydrogens (tertiary/aromatic N) is 1. The molecule has 2 rings (SSSR count). The van der Waals surface area contributed by atoms with Gasteiger partial charge in [-0.1, -0.05) is 11.6 Å². The first-order valence-corrected chi connectivity index (χ1v) is 7.59. The standard InChI is InChI=1S/C15H23ClN2O3/c1-14(2,3)21-13(19)18-10-4-5-11(16)12(18)15(20)6-8-17-9-7-15/h4-5,10,12,17,20H,6-9H2,1-3H3. The number of aliphatic hydroxyl groups is 1. The Morgan fingerprint density at radius 1 is 1.48 bits per heavy atom. The van der Waals surface area contributed by atoms with Crippen molar-refractivity contribution < 1.29 is 14.6 Å². The van der Waals surface area contributed by atoms with E-state index in [2.05, 4.69) is 5.32 Å². The van der Waals surface area contributed by atoms with E-state index in [-0.39, 0.29) is 0 Å². The topological polar surface area (TPSA) is 61.8 Å². The maximum absolute atomic E-state index is 12.4. The van der Waals surface area contributed by atoms with Crippen LogP contribution in [0.1, 0.15) is 33.6 Å². The molecule has 0 saturated carbocycles. The zero-order valence-electron chi connectivity index (χ0n) is 12.7. The maximum Gasteiger partial charge on any atom is 0.415 e. The van der Waals surface area contributed by atoms with E-state index in [1.807, 2.05) is 20.8 Å². The van der Waals surface area contributed by atoms with Gasteiger partial charge in [-0.2, -0.15) is 0 Å². The molecule has 0 aromatic rings. The largest absolute Gasteiger partial charge is 0.443 e. The molecule has 0 aromatic carbocycles. The van der Waals surface area contributed by atoms with Crippen molar-refractivity contribution in [2.24, 2.45) is 0 Å². The van der Waals surface area contributed by atoms with E-state index >= 15 is 0 Å². The highest BCUT2D eigenvalue weighted by atomic mass is 35.5. The summed E-state index contributed by atoms with van der Waals surface area (Å²) in [5, 5.41) is 14.6.